The predicted octanol–water partition coefficient (Wildman–Crippen LogP) is 3.77. The molecule has 1 aromatic heterocycles. The maximum absolute atomic E-state index is 13.7. The number of amides is 2. The Labute approximate surface area is 142 Å². The van der Waals surface area contributed by atoms with Crippen LogP contribution >= 0.6 is 22.9 Å². The van der Waals surface area contributed by atoms with Gasteiger partial charge in [0.1, 0.15) is 10.8 Å². The summed E-state index contributed by atoms with van der Waals surface area (Å²) in [5, 5.41) is 3.20. The molecular weight excluding hydrogens is 339 g/mol. The molecule has 0 aliphatic rings. The molecule has 0 spiro atoms. The maximum atomic E-state index is 13.7. The van der Waals surface area contributed by atoms with Crippen LogP contribution in [-0.4, -0.2) is 11.8 Å². The minimum Gasteiger partial charge on any atom is -0.366 e. The van der Waals surface area contributed by atoms with Crippen LogP contribution in [0.4, 0.5) is 9.39 Å². The summed E-state index contributed by atoms with van der Waals surface area (Å²) in [4.78, 5) is 24.6. The standard InChI is InChI=1S/C16H16ClFN2O2S/c1-2-4-9-7-11(15(19)22)16(23-9)20-14(21)8-10-12(17)5-3-6-13(10)18/h3,5-7H,2,4,8H2,1H3,(H2,19,22)(H,20,21). The van der Waals surface area contributed by atoms with Gasteiger partial charge in [-0.2, -0.15) is 0 Å². The van der Waals surface area contributed by atoms with Gasteiger partial charge in [-0.15, -0.1) is 11.3 Å². The average Bonchev–Trinajstić information content (AvgIpc) is 2.86. The van der Waals surface area contributed by atoms with Crippen LogP contribution in [0.15, 0.2) is 24.3 Å². The number of halogens is 2. The second kappa shape index (κ2) is 7.57. The SMILES string of the molecule is CCCc1cc(C(N)=O)c(NC(=O)Cc2c(F)cccc2Cl)s1. The van der Waals surface area contributed by atoms with Gasteiger partial charge in [-0.05, 0) is 24.6 Å². The van der Waals surface area contributed by atoms with E-state index in [0.717, 1.165) is 17.7 Å². The van der Waals surface area contributed by atoms with Crippen LogP contribution in [0.3, 0.4) is 0 Å². The lowest BCUT2D eigenvalue weighted by molar-refractivity contribution is -0.115. The highest BCUT2D eigenvalue weighted by molar-refractivity contribution is 7.16. The Morgan fingerprint density at radius 1 is 1.39 bits per heavy atom. The smallest absolute Gasteiger partial charge is 0.251 e. The quantitative estimate of drug-likeness (QED) is 0.828. The summed E-state index contributed by atoms with van der Waals surface area (Å²) < 4.78 is 13.7. The highest BCUT2D eigenvalue weighted by atomic mass is 35.5. The molecular formula is C16H16ClFN2O2S. The number of benzene rings is 1. The normalized spacial score (nSPS) is 10.6. The molecule has 2 rings (SSSR count). The lowest BCUT2D eigenvalue weighted by atomic mass is 10.1. The fourth-order valence-corrected chi connectivity index (χ4v) is 3.53. The van der Waals surface area contributed by atoms with Crippen LogP contribution < -0.4 is 11.1 Å². The molecule has 1 aromatic carbocycles. The van der Waals surface area contributed by atoms with Crippen molar-refractivity contribution in [2.75, 3.05) is 5.32 Å². The monoisotopic (exact) mass is 354 g/mol. The molecule has 2 amide bonds. The molecule has 0 unspecified atom stereocenters. The summed E-state index contributed by atoms with van der Waals surface area (Å²) in [6, 6.07) is 5.92. The number of nitrogens with one attached hydrogen (secondary N) is 1. The van der Waals surface area contributed by atoms with Crippen molar-refractivity contribution in [1.82, 2.24) is 0 Å². The molecule has 122 valence electrons. The Morgan fingerprint density at radius 3 is 2.74 bits per heavy atom. The number of hydrogen-bond acceptors (Lipinski definition) is 3. The molecule has 3 N–H and O–H groups in total. The predicted molar refractivity (Wildman–Crippen MR) is 90.6 cm³/mol. The van der Waals surface area contributed by atoms with Crippen LogP contribution in [0.1, 0.15) is 34.1 Å². The largest absolute Gasteiger partial charge is 0.366 e. The number of rotatable bonds is 6. The van der Waals surface area contributed by atoms with Crippen molar-refractivity contribution in [3.05, 3.63) is 51.1 Å². The molecule has 0 bridgehead atoms. The minimum atomic E-state index is -0.608. The van der Waals surface area contributed by atoms with Crippen LogP contribution in [0, 0.1) is 5.82 Å². The number of carbonyl (C=O) groups excluding carboxylic acids is 2. The molecule has 0 aliphatic heterocycles. The summed E-state index contributed by atoms with van der Waals surface area (Å²) >= 11 is 7.21. The first-order valence-electron chi connectivity index (χ1n) is 7.07. The van der Waals surface area contributed by atoms with Gasteiger partial charge in [-0.1, -0.05) is 31.0 Å². The van der Waals surface area contributed by atoms with Gasteiger partial charge < -0.3 is 11.1 Å². The molecule has 7 heteroatoms. The van der Waals surface area contributed by atoms with E-state index in [0.29, 0.717) is 5.00 Å². The van der Waals surface area contributed by atoms with Crippen molar-refractivity contribution in [2.45, 2.75) is 26.2 Å². The van der Waals surface area contributed by atoms with Crippen LogP contribution in [-0.2, 0) is 17.6 Å². The van der Waals surface area contributed by atoms with Gasteiger partial charge in [0.2, 0.25) is 5.91 Å². The van der Waals surface area contributed by atoms with Crippen LogP contribution in [0.25, 0.3) is 0 Å². The Bertz CT molecular complexity index is 725. The van der Waals surface area contributed by atoms with Crippen molar-refractivity contribution in [3.8, 4) is 0 Å². The summed E-state index contributed by atoms with van der Waals surface area (Å²) in [7, 11) is 0. The molecule has 0 radical (unpaired) electrons. The van der Waals surface area contributed by atoms with Gasteiger partial charge in [0.15, 0.2) is 0 Å². The lowest BCUT2D eigenvalue weighted by Crippen LogP contribution is -2.18. The molecule has 23 heavy (non-hydrogen) atoms. The number of primary amides is 1. The number of aryl methyl sites for hydroxylation is 1. The number of hydrogen-bond donors (Lipinski definition) is 2. The van der Waals surface area contributed by atoms with Gasteiger partial charge in [0.05, 0.1) is 12.0 Å². The second-order valence-corrected chi connectivity index (χ2v) is 6.54. The van der Waals surface area contributed by atoms with E-state index in [9.17, 15) is 14.0 Å². The maximum Gasteiger partial charge on any atom is 0.251 e. The number of anilines is 1. The summed E-state index contributed by atoms with van der Waals surface area (Å²) in [6.07, 6.45) is 1.49. The molecule has 0 saturated heterocycles. The van der Waals surface area contributed by atoms with E-state index in [1.54, 1.807) is 6.07 Å². The molecule has 0 saturated carbocycles. The van der Waals surface area contributed by atoms with Gasteiger partial charge in [-0.25, -0.2) is 4.39 Å². The summed E-state index contributed by atoms with van der Waals surface area (Å²) in [5.74, 6) is -1.60. The molecule has 0 aliphatic carbocycles. The van der Waals surface area contributed by atoms with Crippen molar-refractivity contribution in [2.24, 2.45) is 5.73 Å². The first kappa shape index (κ1) is 17.4. The van der Waals surface area contributed by atoms with Gasteiger partial charge in [0.25, 0.3) is 5.91 Å². The van der Waals surface area contributed by atoms with E-state index in [-0.39, 0.29) is 22.6 Å². The van der Waals surface area contributed by atoms with Crippen LogP contribution in [0.2, 0.25) is 5.02 Å². The minimum absolute atomic E-state index is 0.123. The third-order valence-corrected chi connectivity index (χ3v) is 4.66. The van der Waals surface area contributed by atoms with E-state index in [2.05, 4.69) is 5.32 Å². The first-order chi connectivity index (χ1) is 10.9. The summed E-state index contributed by atoms with van der Waals surface area (Å²) in [5.41, 5.74) is 5.73. The van der Waals surface area contributed by atoms with Gasteiger partial charge in [0, 0.05) is 15.5 Å². The van der Waals surface area contributed by atoms with E-state index >= 15 is 0 Å². The van der Waals surface area contributed by atoms with E-state index in [1.165, 1.54) is 29.5 Å². The molecule has 0 atom stereocenters. The topological polar surface area (TPSA) is 72.2 Å². The number of carbonyl (C=O) groups is 2. The van der Waals surface area contributed by atoms with E-state index < -0.39 is 17.6 Å². The van der Waals surface area contributed by atoms with Crippen molar-refractivity contribution >= 4 is 39.8 Å². The fraction of sp³-hybridized carbons (Fsp3) is 0.250. The lowest BCUT2D eigenvalue weighted by Gasteiger charge is -2.07. The third-order valence-electron chi connectivity index (χ3n) is 3.20. The Hall–Kier alpha value is -1.92. The molecule has 0 fully saturated rings. The molecule has 2 aromatic rings. The Morgan fingerprint density at radius 2 is 2.13 bits per heavy atom. The van der Waals surface area contributed by atoms with Crippen molar-refractivity contribution in [3.63, 3.8) is 0 Å². The number of nitrogens with two attached hydrogens (primary N) is 1. The number of thiophene rings is 1. The van der Waals surface area contributed by atoms with Gasteiger partial charge in [-0.3, -0.25) is 9.59 Å². The zero-order chi connectivity index (χ0) is 17.0. The van der Waals surface area contributed by atoms with E-state index in [4.69, 9.17) is 17.3 Å². The van der Waals surface area contributed by atoms with Crippen molar-refractivity contribution in [1.29, 1.82) is 0 Å². The molecule has 4 nitrogen and oxygen atoms in total. The molecule has 1 heterocycles. The van der Waals surface area contributed by atoms with Crippen LogP contribution in [0.5, 0.6) is 0 Å². The average molecular weight is 355 g/mol. The summed E-state index contributed by atoms with van der Waals surface area (Å²) in [6.45, 7) is 2.02. The zero-order valence-electron chi connectivity index (χ0n) is 12.5. The Balaban J connectivity index is 2.18. The zero-order valence-corrected chi connectivity index (χ0v) is 14.1. The van der Waals surface area contributed by atoms with E-state index in [1.807, 2.05) is 6.92 Å². The highest BCUT2D eigenvalue weighted by Gasteiger charge is 2.17. The van der Waals surface area contributed by atoms with Gasteiger partial charge >= 0.3 is 0 Å². The third kappa shape index (κ3) is 4.30. The highest BCUT2D eigenvalue weighted by Crippen LogP contribution is 2.29. The Kier molecular flexibility index (Phi) is 5.74. The fourth-order valence-electron chi connectivity index (χ4n) is 2.12. The second-order valence-electron chi connectivity index (χ2n) is 4.99. The first-order valence-corrected chi connectivity index (χ1v) is 8.27. The van der Waals surface area contributed by atoms with Crippen molar-refractivity contribution < 1.29 is 14.0 Å².